The second kappa shape index (κ2) is 3.25. The van der Waals surface area contributed by atoms with E-state index in [2.05, 4.69) is 5.32 Å². The Morgan fingerprint density at radius 1 is 1.70 bits per heavy atom. The molecule has 0 aromatic carbocycles. The molecule has 4 heteroatoms. The van der Waals surface area contributed by atoms with Crippen molar-refractivity contribution < 1.29 is 0 Å². The van der Waals surface area contributed by atoms with Crippen molar-refractivity contribution >= 4 is 29.0 Å². The monoisotopic (exact) mass is 174 g/mol. The molecule has 0 atom stereocenters. The molecule has 0 unspecified atom stereocenters. The van der Waals surface area contributed by atoms with Crippen molar-refractivity contribution in [1.29, 1.82) is 0 Å². The fourth-order valence-corrected chi connectivity index (χ4v) is 1.92. The smallest absolute Gasteiger partial charge is 0.115 e. The second-order valence-corrected chi connectivity index (χ2v) is 3.68. The van der Waals surface area contributed by atoms with E-state index in [9.17, 15) is 0 Å². The van der Waals surface area contributed by atoms with Crippen LogP contribution in [0.3, 0.4) is 0 Å². The second-order valence-electron chi connectivity index (χ2n) is 2.25. The molecule has 10 heavy (non-hydrogen) atoms. The van der Waals surface area contributed by atoms with Crippen molar-refractivity contribution in [3.63, 3.8) is 0 Å². The molecule has 1 aliphatic heterocycles. The average Bonchev–Trinajstić information content (AvgIpc) is 2.15. The summed E-state index contributed by atoms with van der Waals surface area (Å²) in [5.74, 6) is 0.915. The zero-order chi connectivity index (χ0) is 7.56. The molecule has 1 rings (SSSR count). The fourth-order valence-electron chi connectivity index (χ4n) is 0.662. The highest BCUT2D eigenvalue weighted by molar-refractivity contribution is 8.06. The normalized spacial score (nSPS) is 21.4. The van der Waals surface area contributed by atoms with Gasteiger partial charge in [-0.15, -0.1) is 11.8 Å². The molecule has 1 heterocycles. The van der Waals surface area contributed by atoms with Crippen LogP contribution in [0.2, 0.25) is 0 Å². The Morgan fingerprint density at radius 3 is 2.80 bits per heavy atom. The molecule has 1 saturated heterocycles. The van der Waals surface area contributed by atoms with Gasteiger partial charge in [0.05, 0.1) is 10.8 Å². The van der Waals surface area contributed by atoms with Crippen LogP contribution in [-0.4, -0.2) is 29.9 Å². The quantitative estimate of drug-likeness (QED) is 0.471. The molecular formula is C6H10N2S2. The van der Waals surface area contributed by atoms with Crippen molar-refractivity contribution in [1.82, 2.24) is 10.2 Å². The van der Waals surface area contributed by atoms with Crippen LogP contribution in [0.5, 0.6) is 0 Å². The lowest BCUT2D eigenvalue weighted by Gasteiger charge is -2.04. The highest BCUT2D eigenvalue weighted by Crippen LogP contribution is 2.21. The first-order valence-electron chi connectivity index (χ1n) is 2.99. The highest BCUT2D eigenvalue weighted by Gasteiger charge is 2.12. The van der Waals surface area contributed by atoms with E-state index in [1.165, 1.54) is 4.91 Å². The van der Waals surface area contributed by atoms with Crippen molar-refractivity contribution in [2.24, 2.45) is 0 Å². The zero-order valence-corrected chi connectivity index (χ0v) is 7.68. The van der Waals surface area contributed by atoms with Gasteiger partial charge in [-0.05, 0) is 0 Å². The minimum Gasteiger partial charge on any atom is -0.383 e. The van der Waals surface area contributed by atoms with Gasteiger partial charge in [-0.3, -0.25) is 0 Å². The summed E-state index contributed by atoms with van der Waals surface area (Å²) in [6.07, 6.45) is 2.03. The Hall–Kier alpha value is -0.220. The lowest BCUT2D eigenvalue weighted by atomic mass is 10.5. The summed E-state index contributed by atoms with van der Waals surface area (Å²) in [4.78, 5) is 4.04. The Labute approximate surface area is 70.7 Å². The van der Waals surface area contributed by atoms with Crippen LogP contribution in [0.15, 0.2) is 11.1 Å². The van der Waals surface area contributed by atoms with Crippen LogP contribution in [0, 0.1) is 0 Å². The predicted octanol–water partition coefficient (Wildman–Crippen LogP) is 1.01. The molecule has 0 aliphatic carbocycles. The summed E-state index contributed by atoms with van der Waals surface area (Å²) in [5.41, 5.74) is 0. The van der Waals surface area contributed by atoms with Gasteiger partial charge in [0, 0.05) is 20.3 Å². The number of nitrogens with zero attached hydrogens (tertiary/aromatic N) is 1. The molecule has 2 nitrogen and oxygen atoms in total. The minimum atomic E-state index is 0.874. The van der Waals surface area contributed by atoms with Crippen molar-refractivity contribution in [3.8, 4) is 0 Å². The van der Waals surface area contributed by atoms with Crippen LogP contribution in [0.25, 0.3) is 0 Å². The molecule has 0 bridgehead atoms. The van der Waals surface area contributed by atoms with Gasteiger partial charge >= 0.3 is 0 Å². The fraction of sp³-hybridized carbons (Fsp3) is 0.500. The lowest BCUT2D eigenvalue weighted by Crippen LogP contribution is -2.13. The molecule has 0 radical (unpaired) electrons. The van der Waals surface area contributed by atoms with E-state index in [0.717, 1.165) is 10.9 Å². The summed E-state index contributed by atoms with van der Waals surface area (Å²) >= 11 is 6.78. The van der Waals surface area contributed by atoms with Gasteiger partial charge in [0.1, 0.15) is 4.99 Å². The summed E-state index contributed by atoms with van der Waals surface area (Å²) in [6.45, 7) is 0. The first-order valence-corrected chi connectivity index (χ1v) is 4.39. The maximum atomic E-state index is 5.03. The Bertz CT molecular complexity index is 175. The number of hydrogen-bond acceptors (Lipinski definition) is 3. The Kier molecular flexibility index (Phi) is 2.56. The van der Waals surface area contributed by atoms with Gasteiger partial charge in [-0.25, -0.2) is 0 Å². The van der Waals surface area contributed by atoms with E-state index in [-0.39, 0.29) is 0 Å². The minimum absolute atomic E-state index is 0.874. The number of hydrogen-bond donors (Lipinski definition) is 1. The maximum absolute atomic E-state index is 5.03. The Balaban J connectivity index is 2.62. The van der Waals surface area contributed by atoms with Crippen LogP contribution >= 0.6 is 24.0 Å². The van der Waals surface area contributed by atoms with Crippen LogP contribution in [-0.2, 0) is 0 Å². The molecule has 0 aromatic rings. The van der Waals surface area contributed by atoms with Gasteiger partial charge < -0.3 is 10.2 Å². The van der Waals surface area contributed by atoms with E-state index >= 15 is 0 Å². The molecule has 1 aliphatic rings. The average molecular weight is 174 g/mol. The van der Waals surface area contributed by atoms with Crippen LogP contribution in [0.4, 0.5) is 0 Å². The van der Waals surface area contributed by atoms with Gasteiger partial charge in [0.15, 0.2) is 0 Å². The van der Waals surface area contributed by atoms with E-state index < -0.39 is 0 Å². The number of rotatable bonds is 1. The summed E-state index contributed by atoms with van der Waals surface area (Å²) in [7, 11) is 3.99. The van der Waals surface area contributed by atoms with Gasteiger partial charge in [-0.2, -0.15) is 0 Å². The first-order chi connectivity index (χ1) is 4.70. The summed E-state index contributed by atoms with van der Waals surface area (Å²) < 4.78 is 0. The third-order valence-corrected chi connectivity index (χ3v) is 2.46. The number of thiocarbonyl (C=S) groups is 1. The van der Waals surface area contributed by atoms with Crippen molar-refractivity contribution in [3.05, 3.63) is 11.1 Å². The van der Waals surface area contributed by atoms with Gasteiger partial charge in [0.25, 0.3) is 0 Å². The molecule has 1 fully saturated rings. The standard InChI is InChI=1S/C6H10N2S2/c1-8(2)3-5-6(9)7-4-10-5/h3H,4H2,1-2H3,(H,7,9). The topological polar surface area (TPSA) is 15.3 Å². The third-order valence-electron chi connectivity index (χ3n) is 1.06. The van der Waals surface area contributed by atoms with Crippen molar-refractivity contribution in [2.45, 2.75) is 0 Å². The highest BCUT2D eigenvalue weighted by atomic mass is 32.2. The molecule has 0 aromatic heterocycles. The largest absolute Gasteiger partial charge is 0.383 e. The van der Waals surface area contributed by atoms with E-state index in [0.29, 0.717) is 0 Å². The molecule has 1 N–H and O–H groups in total. The molecule has 0 saturated carbocycles. The molecular weight excluding hydrogens is 164 g/mol. The van der Waals surface area contributed by atoms with Gasteiger partial charge in [-0.1, -0.05) is 12.2 Å². The lowest BCUT2D eigenvalue weighted by molar-refractivity contribution is 0.563. The zero-order valence-electron chi connectivity index (χ0n) is 6.05. The Morgan fingerprint density at radius 2 is 2.40 bits per heavy atom. The maximum Gasteiger partial charge on any atom is 0.115 e. The van der Waals surface area contributed by atoms with E-state index in [1.54, 1.807) is 11.8 Å². The number of thioether (sulfide) groups is 1. The van der Waals surface area contributed by atoms with Crippen LogP contribution < -0.4 is 5.32 Å². The SMILES string of the molecule is CN(C)C=C1SCNC1=S. The van der Waals surface area contributed by atoms with Crippen molar-refractivity contribution in [2.75, 3.05) is 20.0 Å². The van der Waals surface area contributed by atoms with Crippen LogP contribution in [0.1, 0.15) is 0 Å². The third kappa shape index (κ3) is 1.88. The summed E-state index contributed by atoms with van der Waals surface area (Å²) in [5, 5.41) is 3.07. The van der Waals surface area contributed by atoms with E-state index in [4.69, 9.17) is 12.2 Å². The van der Waals surface area contributed by atoms with Gasteiger partial charge in [0.2, 0.25) is 0 Å². The predicted molar refractivity (Wildman–Crippen MR) is 50.0 cm³/mol. The first kappa shape index (κ1) is 7.88. The molecule has 56 valence electrons. The number of nitrogens with one attached hydrogen (secondary N) is 1. The molecule has 0 amide bonds. The van der Waals surface area contributed by atoms with E-state index in [1.807, 2.05) is 25.2 Å². The molecule has 0 spiro atoms. The summed E-state index contributed by atoms with van der Waals surface area (Å²) in [6, 6.07) is 0.